The van der Waals surface area contributed by atoms with Gasteiger partial charge in [0, 0.05) is 31.2 Å². The van der Waals surface area contributed by atoms with Crippen LogP contribution in [-0.2, 0) is 25.8 Å². The van der Waals surface area contributed by atoms with E-state index in [1.165, 1.54) is 12.1 Å². The van der Waals surface area contributed by atoms with E-state index in [1.54, 1.807) is 23.1 Å². The van der Waals surface area contributed by atoms with Gasteiger partial charge in [-0.1, -0.05) is 29.8 Å². The summed E-state index contributed by atoms with van der Waals surface area (Å²) in [7, 11) is -4.40. The molecule has 2 saturated heterocycles. The van der Waals surface area contributed by atoms with Crippen LogP contribution in [0, 0.1) is 0 Å². The molecule has 2 aliphatic rings. The molecule has 0 bridgehead atoms. The lowest BCUT2D eigenvalue weighted by Crippen LogP contribution is -2.53. The first-order valence-corrected chi connectivity index (χ1v) is 11.8. The number of anilines is 1. The van der Waals surface area contributed by atoms with Crippen LogP contribution in [0.15, 0.2) is 53.4 Å². The van der Waals surface area contributed by atoms with E-state index in [0.29, 0.717) is 10.7 Å². The third-order valence-corrected chi connectivity index (χ3v) is 7.91. The molecule has 1 atom stereocenters. The topological polar surface area (TPSA) is 78.0 Å². The van der Waals surface area contributed by atoms with Gasteiger partial charge in [0.05, 0.1) is 28.6 Å². The molecule has 2 aliphatic heterocycles. The molecule has 2 fully saturated rings. The minimum Gasteiger partial charge on any atom is -0.289 e. The van der Waals surface area contributed by atoms with Gasteiger partial charge >= 0.3 is 6.18 Å². The summed E-state index contributed by atoms with van der Waals surface area (Å²) < 4.78 is 66.8. The molecule has 4 rings (SSSR count). The number of nitrogens with zero attached hydrogens (tertiary/aromatic N) is 3. The number of piperazine rings is 1. The highest BCUT2D eigenvalue weighted by Gasteiger charge is 2.45. The molecule has 176 valence electrons. The van der Waals surface area contributed by atoms with Crippen LogP contribution in [0.4, 0.5) is 18.9 Å². The fraction of sp³-hybridized carbons (Fsp3) is 0.333. The highest BCUT2D eigenvalue weighted by Crippen LogP contribution is 2.35. The summed E-state index contributed by atoms with van der Waals surface area (Å²) in [5, 5.41) is 0.370. The number of rotatable bonds is 4. The van der Waals surface area contributed by atoms with Gasteiger partial charge in [-0.3, -0.25) is 14.5 Å². The summed E-state index contributed by atoms with van der Waals surface area (Å²) in [6, 6.07) is 9.60. The van der Waals surface area contributed by atoms with Crippen molar-refractivity contribution in [2.24, 2.45) is 0 Å². The van der Waals surface area contributed by atoms with E-state index >= 15 is 0 Å². The van der Waals surface area contributed by atoms with Gasteiger partial charge in [-0.15, -0.1) is 0 Å². The van der Waals surface area contributed by atoms with Crippen molar-refractivity contribution in [2.45, 2.75) is 23.5 Å². The SMILES string of the molecule is O=C1CC(N2CCN(S(=O)(=O)c3ccccc3C(F)(F)F)CC2)C(=O)N1c1cccc(Cl)c1. The van der Waals surface area contributed by atoms with E-state index in [9.17, 15) is 31.2 Å². The van der Waals surface area contributed by atoms with Gasteiger partial charge < -0.3 is 0 Å². The van der Waals surface area contributed by atoms with E-state index in [4.69, 9.17) is 11.6 Å². The van der Waals surface area contributed by atoms with Crippen molar-refractivity contribution >= 4 is 39.1 Å². The van der Waals surface area contributed by atoms with Crippen LogP contribution in [0.25, 0.3) is 0 Å². The first-order chi connectivity index (χ1) is 15.5. The molecule has 0 spiro atoms. The highest BCUT2D eigenvalue weighted by atomic mass is 35.5. The summed E-state index contributed by atoms with van der Waals surface area (Å²) in [5.74, 6) is -0.845. The summed E-state index contributed by atoms with van der Waals surface area (Å²) in [5.41, 5.74) is -0.869. The Balaban J connectivity index is 1.49. The van der Waals surface area contributed by atoms with Crippen LogP contribution in [-0.4, -0.2) is 61.7 Å². The molecule has 2 amide bonds. The van der Waals surface area contributed by atoms with Crippen LogP contribution in [0.5, 0.6) is 0 Å². The Morgan fingerprint density at radius 3 is 2.24 bits per heavy atom. The Labute approximate surface area is 193 Å². The first-order valence-electron chi connectivity index (χ1n) is 10.0. The minimum absolute atomic E-state index is 0.0744. The lowest BCUT2D eigenvalue weighted by molar-refractivity contribution is -0.140. The molecule has 2 heterocycles. The molecule has 0 N–H and O–H groups in total. The lowest BCUT2D eigenvalue weighted by atomic mass is 10.2. The zero-order valence-corrected chi connectivity index (χ0v) is 18.7. The van der Waals surface area contributed by atoms with E-state index in [2.05, 4.69) is 0 Å². The predicted octanol–water partition coefficient (Wildman–Crippen LogP) is 3.00. The molecule has 33 heavy (non-hydrogen) atoms. The number of hydrogen-bond donors (Lipinski definition) is 0. The zero-order valence-electron chi connectivity index (χ0n) is 17.1. The second-order valence-corrected chi connectivity index (χ2v) is 10.0. The van der Waals surface area contributed by atoms with Crippen LogP contribution in [0.3, 0.4) is 0 Å². The third kappa shape index (κ3) is 4.50. The number of alkyl halides is 3. The minimum atomic E-state index is -4.81. The van der Waals surface area contributed by atoms with Gasteiger partial charge in [0.2, 0.25) is 15.9 Å². The molecule has 12 heteroatoms. The Morgan fingerprint density at radius 2 is 1.61 bits per heavy atom. The van der Waals surface area contributed by atoms with E-state index in [0.717, 1.165) is 27.4 Å². The Kier molecular flexibility index (Phi) is 6.25. The molecule has 2 aromatic rings. The van der Waals surface area contributed by atoms with E-state index < -0.39 is 44.5 Å². The maximum atomic E-state index is 13.3. The van der Waals surface area contributed by atoms with Crippen LogP contribution < -0.4 is 4.90 Å². The Hall–Kier alpha value is -2.47. The Morgan fingerprint density at radius 1 is 0.939 bits per heavy atom. The molecule has 0 saturated carbocycles. The molecular weight excluding hydrogens is 483 g/mol. The molecule has 0 radical (unpaired) electrons. The van der Waals surface area contributed by atoms with Crippen molar-refractivity contribution < 1.29 is 31.2 Å². The number of carbonyl (C=O) groups excluding carboxylic acids is 2. The van der Waals surface area contributed by atoms with E-state index in [1.807, 2.05) is 0 Å². The maximum absolute atomic E-state index is 13.3. The van der Waals surface area contributed by atoms with Crippen molar-refractivity contribution in [3.05, 3.63) is 59.1 Å². The van der Waals surface area contributed by atoms with Crippen molar-refractivity contribution in [1.29, 1.82) is 0 Å². The van der Waals surface area contributed by atoms with Crippen LogP contribution in [0.2, 0.25) is 5.02 Å². The molecule has 0 aromatic heterocycles. The molecule has 0 aliphatic carbocycles. The highest BCUT2D eigenvalue weighted by molar-refractivity contribution is 7.89. The molecule has 2 aromatic carbocycles. The van der Waals surface area contributed by atoms with Crippen molar-refractivity contribution in [3.63, 3.8) is 0 Å². The normalized spacial score (nSPS) is 21.1. The summed E-state index contributed by atoms with van der Waals surface area (Å²) in [6.45, 7) is -0.0195. The van der Waals surface area contributed by atoms with Crippen molar-refractivity contribution in [2.75, 3.05) is 31.1 Å². The van der Waals surface area contributed by atoms with Crippen LogP contribution in [0.1, 0.15) is 12.0 Å². The van der Waals surface area contributed by atoms with Gasteiger partial charge in [-0.05, 0) is 30.3 Å². The second-order valence-electron chi connectivity index (χ2n) is 7.70. The first kappa shape index (κ1) is 23.7. The van der Waals surface area contributed by atoms with Crippen molar-refractivity contribution in [3.8, 4) is 0 Å². The van der Waals surface area contributed by atoms with Gasteiger partial charge in [0.15, 0.2) is 0 Å². The predicted molar refractivity (Wildman–Crippen MR) is 114 cm³/mol. The van der Waals surface area contributed by atoms with Gasteiger partial charge in [0.25, 0.3) is 5.91 Å². The van der Waals surface area contributed by atoms with Gasteiger partial charge in [-0.2, -0.15) is 17.5 Å². The molecule has 1 unspecified atom stereocenters. The zero-order chi connectivity index (χ0) is 24.0. The summed E-state index contributed by atoms with van der Waals surface area (Å²) >= 11 is 5.96. The van der Waals surface area contributed by atoms with E-state index in [-0.39, 0.29) is 32.6 Å². The fourth-order valence-corrected chi connectivity index (χ4v) is 5.93. The number of carbonyl (C=O) groups is 2. The number of benzene rings is 2. The third-order valence-electron chi connectivity index (χ3n) is 5.71. The monoisotopic (exact) mass is 501 g/mol. The number of halogens is 4. The van der Waals surface area contributed by atoms with Gasteiger partial charge in [-0.25, -0.2) is 13.3 Å². The fourth-order valence-electron chi connectivity index (χ4n) is 4.11. The second kappa shape index (κ2) is 8.71. The largest absolute Gasteiger partial charge is 0.417 e. The van der Waals surface area contributed by atoms with Crippen LogP contribution >= 0.6 is 11.6 Å². The number of imide groups is 1. The number of hydrogen-bond acceptors (Lipinski definition) is 5. The average molecular weight is 502 g/mol. The molecular formula is C21H19ClF3N3O4S. The quantitative estimate of drug-likeness (QED) is 0.602. The number of amides is 2. The summed E-state index contributed by atoms with van der Waals surface area (Å²) in [6.07, 6.45) is -4.89. The lowest BCUT2D eigenvalue weighted by Gasteiger charge is -2.36. The molecule has 7 nitrogen and oxygen atoms in total. The maximum Gasteiger partial charge on any atom is 0.417 e. The van der Waals surface area contributed by atoms with Crippen molar-refractivity contribution in [1.82, 2.24) is 9.21 Å². The average Bonchev–Trinajstić information content (AvgIpc) is 3.07. The van der Waals surface area contributed by atoms with Gasteiger partial charge in [0.1, 0.15) is 0 Å². The smallest absolute Gasteiger partial charge is 0.289 e. The Bertz CT molecular complexity index is 1200. The summed E-state index contributed by atoms with van der Waals surface area (Å²) in [4.78, 5) is 27.4. The standard InChI is InChI=1S/C21H19ClF3N3O4S/c22-14-4-3-5-15(12-14)28-19(29)13-17(20(28)30)26-8-10-27(11-9-26)33(31,32)18-7-2-1-6-16(18)21(23,24)25/h1-7,12,17H,8-11,13H2. The number of sulfonamides is 1.